The van der Waals surface area contributed by atoms with E-state index in [1.807, 2.05) is 19.1 Å². The number of aliphatic hydroxyl groups excluding tert-OH is 1. The fraction of sp³-hybridized carbons (Fsp3) is 0.273. The summed E-state index contributed by atoms with van der Waals surface area (Å²) in [7, 11) is 0. The van der Waals surface area contributed by atoms with Crippen LogP contribution in [0.2, 0.25) is 0 Å². The lowest BCUT2D eigenvalue weighted by Crippen LogP contribution is -2.11. The van der Waals surface area contributed by atoms with Crippen molar-refractivity contribution in [2.75, 3.05) is 6.54 Å². The molecule has 0 aliphatic carbocycles. The molecule has 2 aromatic rings. The minimum absolute atomic E-state index is 0.242. The molecule has 0 bridgehead atoms. The molecule has 3 heteroatoms. The van der Waals surface area contributed by atoms with Gasteiger partial charge in [-0.1, -0.05) is 12.1 Å². The van der Waals surface area contributed by atoms with Crippen LogP contribution in [0, 0.1) is 6.92 Å². The third-order valence-electron chi connectivity index (χ3n) is 2.38. The Labute approximate surface area is 82.6 Å². The highest BCUT2D eigenvalue weighted by Gasteiger charge is 2.08. The van der Waals surface area contributed by atoms with Gasteiger partial charge in [-0.05, 0) is 30.0 Å². The maximum absolute atomic E-state index is 9.54. The number of rotatable bonds is 2. The van der Waals surface area contributed by atoms with Crippen molar-refractivity contribution in [2.45, 2.75) is 13.0 Å². The van der Waals surface area contributed by atoms with Gasteiger partial charge < -0.3 is 15.8 Å². The minimum atomic E-state index is -0.595. The number of aliphatic hydroxyl groups is 1. The topological polar surface area (TPSA) is 62.0 Å². The first kappa shape index (κ1) is 9.24. The molecule has 0 saturated carbocycles. The Bertz CT molecular complexity index is 447. The summed E-state index contributed by atoms with van der Waals surface area (Å²) in [6.45, 7) is 2.28. The van der Waals surface area contributed by atoms with Crippen molar-refractivity contribution in [1.29, 1.82) is 0 Å². The summed E-state index contributed by atoms with van der Waals surface area (Å²) < 4.78 is 0. The Morgan fingerprint density at radius 3 is 2.93 bits per heavy atom. The minimum Gasteiger partial charge on any atom is -0.386 e. The second-order valence-electron chi connectivity index (χ2n) is 3.57. The Hall–Kier alpha value is -1.32. The van der Waals surface area contributed by atoms with Crippen LogP contribution in [0.3, 0.4) is 0 Å². The van der Waals surface area contributed by atoms with Crippen molar-refractivity contribution >= 4 is 10.9 Å². The lowest BCUT2D eigenvalue weighted by atomic mass is 10.2. The number of H-pyrrole nitrogens is 1. The van der Waals surface area contributed by atoms with Gasteiger partial charge >= 0.3 is 0 Å². The molecule has 1 atom stereocenters. The van der Waals surface area contributed by atoms with E-state index in [4.69, 9.17) is 5.73 Å². The number of aryl methyl sites for hydroxylation is 1. The molecule has 1 heterocycles. The van der Waals surface area contributed by atoms with E-state index in [1.54, 1.807) is 0 Å². The van der Waals surface area contributed by atoms with E-state index in [-0.39, 0.29) is 6.54 Å². The molecule has 0 aliphatic rings. The number of fused-ring (bicyclic) bond motifs is 1. The van der Waals surface area contributed by atoms with Crippen molar-refractivity contribution in [3.63, 3.8) is 0 Å². The van der Waals surface area contributed by atoms with Gasteiger partial charge in [-0.15, -0.1) is 0 Å². The van der Waals surface area contributed by atoms with Gasteiger partial charge in [0.2, 0.25) is 0 Å². The van der Waals surface area contributed by atoms with Crippen LogP contribution in [0.5, 0.6) is 0 Å². The molecule has 0 aliphatic heterocycles. The highest BCUT2D eigenvalue weighted by Crippen LogP contribution is 2.20. The molecule has 1 aromatic heterocycles. The maximum atomic E-state index is 9.54. The largest absolute Gasteiger partial charge is 0.386 e. The van der Waals surface area contributed by atoms with Crippen LogP contribution >= 0.6 is 0 Å². The predicted molar refractivity (Wildman–Crippen MR) is 57.0 cm³/mol. The smallest absolute Gasteiger partial charge is 0.106 e. The van der Waals surface area contributed by atoms with E-state index in [0.717, 1.165) is 16.6 Å². The number of hydrogen-bond acceptors (Lipinski definition) is 2. The van der Waals surface area contributed by atoms with Crippen LogP contribution in [0.25, 0.3) is 10.9 Å². The molecule has 0 saturated heterocycles. The van der Waals surface area contributed by atoms with Crippen molar-refractivity contribution in [3.05, 3.63) is 35.5 Å². The number of nitrogens with one attached hydrogen (secondary N) is 1. The number of aromatic nitrogens is 1. The summed E-state index contributed by atoms with van der Waals surface area (Å²) in [4.78, 5) is 3.16. The molecule has 2 rings (SSSR count). The first-order chi connectivity index (χ1) is 6.70. The quantitative estimate of drug-likeness (QED) is 0.671. The Morgan fingerprint density at radius 1 is 1.43 bits per heavy atom. The Kier molecular flexibility index (Phi) is 2.27. The van der Waals surface area contributed by atoms with Crippen molar-refractivity contribution < 1.29 is 5.11 Å². The normalized spacial score (nSPS) is 13.4. The average Bonchev–Trinajstić information content (AvgIpc) is 2.59. The van der Waals surface area contributed by atoms with Crippen LogP contribution in [0.15, 0.2) is 24.3 Å². The highest BCUT2D eigenvalue weighted by molar-refractivity contribution is 5.81. The number of benzene rings is 1. The summed E-state index contributed by atoms with van der Waals surface area (Å²) in [6.07, 6.45) is -0.595. The van der Waals surface area contributed by atoms with Gasteiger partial charge in [0.25, 0.3) is 0 Å². The fourth-order valence-corrected chi connectivity index (χ4v) is 1.57. The molecule has 14 heavy (non-hydrogen) atoms. The molecule has 3 nitrogen and oxygen atoms in total. The van der Waals surface area contributed by atoms with Crippen molar-refractivity contribution in [2.24, 2.45) is 5.73 Å². The van der Waals surface area contributed by atoms with Gasteiger partial charge in [0.1, 0.15) is 6.10 Å². The molecule has 0 fully saturated rings. The van der Waals surface area contributed by atoms with E-state index in [9.17, 15) is 5.11 Å². The molecule has 0 radical (unpaired) electrons. The zero-order valence-corrected chi connectivity index (χ0v) is 8.12. The van der Waals surface area contributed by atoms with Gasteiger partial charge in [-0.2, -0.15) is 0 Å². The van der Waals surface area contributed by atoms with E-state index in [1.165, 1.54) is 5.56 Å². The van der Waals surface area contributed by atoms with Gasteiger partial charge in [-0.3, -0.25) is 0 Å². The molecule has 1 aromatic carbocycles. The van der Waals surface area contributed by atoms with Gasteiger partial charge in [0, 0.05) is 17.8 Å². The molecule has 0 spiro atoms. The second kappa shape index (κ2) is 3.44. The summed E-state index contributed by atoms with van der Waals surface area (Å²) in [5.74, 6) is 0. The molecular formula is C11H14N2O. The zero-order chi connectivity index (χ0) is 10.1. The van der Waals surface area contributed by atoms with E-state index in [2.05, 4.69) is 17.1 Å². The van der Waals surface area contributed by atoms with Crippen LogP contribution in [0.1, 0.15) is 17.4 Å². The summed E-state index contributed by atoms with van der Waals surface area (Å²) in [5.41, 5.74) is 8.42. The Balaban J connectivity index is 2.51. The lowest BCUT2D eigenvalue weighted by Gasteiger charge is -2.02. The highest BCUT2D eigenvalue weighted by atomic mass is 16.3. The first-order valence-electron chi connectivity index (χ1n) is 4.68. The summed E-state index contributed by atoms with van der Waals surface area (Å²) >= 11 is 0. The molecule has 74 valence electrons. The lowest BCUT2D eigenvalue weighted by molar-refractivity contribution is 0.183. The van der Waals surface area contributed by atoms with Crippen molar-refractivity contribution in [3.8, 4) is 0 Å². The van der Waals surface area contributed by atoms with Crippen LogP contribution in [0.4, 0.5) is 0 Å². The number of hydrogen-bond donors (Lipinski definition) is 3. The predicted octanol–water partition coefficient (Wildman–Crippen LogP) is 1.47. The Morgan fingerprint density at radius 2 is 2.21 bits per heavy atom. The van der Waals surface area contributed by atoms with Gasteiger partial charge in [0.15, 0.2) is 0 Å². The third kappa shape index (κ3) is 1.52. The molecule has 0 amide bonds. The molecule has 4 N–H and O–H groups in total. The molecule has 1 unspecified atom stereocenters. The SMILES string of the molecule is Cc1ccc2cc(C(O)CN)[nH]c2c1. The summed E-state index contributed by atoms with van der Waals surface area (Å²) in [5, 5.41) is 10.7. The zero-order valence-electron chi connectivity index (χ0n) is 8.12. The van der Waals surface area contributed by atoms with Gasteiger partial charge in [0.05, 0.1) is 0 Å². The van der Waals surface area contributed by atoms with Crippen LogP contribution in [-0.4, -0.2) is 16.6 Å². The molecular weight excluding hydrogens is 176 g/mol. The number of aromatic amines is 1. The second-order valence-corrected chi connectivity index (χ2v) is 3.57. The van der Waals surface area contributed by atoms with E-state index < -0.39 is 6.10 Å². The monoisotopic (exact) mass is 190 g/mol. The maximum Gasteiger partial charge on any atom is 0.106 e. The van der Waals surface area contributed by atoms with Crippen molar-refractivity contribution in [1.82, 2.24) is 4.98 Å². The first-order valence-corrected chi connectivity index (χ1v) is 4.68. The van der Waals surface area contributed by atoms with E-state index >= 15 is 0 Å². The number of nitrogens with two attached hydrogens (primary N) is 1. The third-order valence-corrected chi connectivity index (χ3v) is 2.38. The van der Waals surface area contributed by atoms with Crippen LogP contribution in [-0.2, 0) is 0 Å². The van der Waals surface area contributed by atoms with Gasteiger partial charge in [-0.25, -0.2) is 0 Å². The average molecular weight is 190 g/mol. The van der Waals surface area contributed by atoms with E-state index in [0.29, 0.717) is 0 Å². The van der Waals surface area contributed by atoms with Crippen LogP contribution < -0.4 is 5.73 Å². The standard InChI is InChI=1S/C11H14N2O/c1-7-2-3-8-5-10(11(14)6-12)13-9(8)4-7/h2-5,11,13-14H,6,12H2,1H3. The fourth-order valence-electron chi connectivity index (χ4n) is 1.57. The summed E-state index contributed by atoms with van der Waals surface area (Å²) in [6, 6.07) is 8.08.